The molecular weight excluding hydrogens is 448 g/mol. The zero-order valence-electron chi connectivity index (χ0n) is 19.5. The minimum Gasteiger partial charge on any atom is -0.493 e. The van der Waals surface area contributed by atoms with Crippen molar-refractivity contribution in [3.63, 3.8) is 0 Å². The van der Waals surface area contributed by atoms with Crippen LogP contribution in [0.5, 0.6) is 11.5 Å². The Bertz CT molecular complexity index is 1290. The van der Waals surface area contributed by atoms with Gasteiger partial charge in [-0.05, 0) is 30.3 Å². The molecule has 9 heteroatoms. The molecule has 0 radical (unpaired) electrons. The number of hydrogen-bond donors (Lipinski definition) is 0. The molecule has 9 nitrogen and oxygen atoms in total. The molecule has 3 aromatic rings. The lowest BCUT2D eigenvalue weighted by atomic mass is 10.0. The Hall–Kier alpha value is -4.63. The highest BCUT2D eigenvalue weighted by atomic mass is 16.5. The van der Waals surface area contributed by atoms with E-state index in [9.17, 15) is 9.59 Å². The van der Waals surface area contributed by atoms with Gasteiger partial charge in [0.15, 0.2) is 18.1 Å². The first-order valence-electron chi connectivity index (χ1n) is 10.8. The predicted molar refractivity (Wildman–Crippen MR) is 128 cm³/mol. The van der Waals surface area contributed by atoms with Gasteiger partial charge < -0.3 is 19.1 Å². The molecule has 0 bridgehead atoms. The second kappa shape index (κ2) is 12.0. The molecular formula is C26H24N4O5. The van der Waals surface area contributed by atoms with Crippen LogP contribution in [0.1, 0.15) is 23.2 Å². The fourth-order valence-corrected chi connectivity index (χ4v) is 3.52. The maximum atomic E-state index is 13.1. The van der Waals surface area contributed by atoms with Crippen molar-refractivity contribution in [2.75, 3.05) is 33.9 Å². The number of nitrogens with zero attached hydrogens (tertiary/aromatic N) is 4. The molecule has 0 saturated carbocycles. The number of benzene rings is 2. The predicted octanol–water partition coefficient (Wildman–Crippen LogP) is 3.73. The average molecular weight is 473 g/mol. The maximum Gasteiger partial charge on any atom is 0.339 e. The van der Waals surface area contributed by atoms with Crippen LogP contribution in [-0.4, -0.2) is 55.7 Å². The highest BCUT2D eigenvalue weighted by molar-refractivity contribution is 6.05. The minimum atomic E-state index is -0.681. The molecule has 1 amide bonds. The zero-order valence-corrected chi connectivity index (χ0v) is 19.5. The van der Waals surface area contributed by atoms with Gasteiger partial charge in [0.05, 0.1) is 56.0 Å². The molecule has 178 valence electrons. The number of nitriles is 2. The van der Waals surface area contributed by atoms with Crippen LogP contribution in [0.2, 0.25) is 0 Å². The Morgan fingerprint density at radius 2 is 1.63 bits per heavy atom. The van der Waals surface area contributed by atoms with E-state index in [1.54, 1.807) is 49.6 Å². The summed E-state index contributed by atoms with van der Waals surface area (Å²) in [7, 11) is 3.08. The van der Waals surface area contributed by atoms with Crippen molar-refractivity contribution in [3.8, 4) is 34.9 Å². The van der Waals surface area contributed by atoms with Gasteiger partial charge in [0, 0.05) is 24.0 Å². The van der Waals surface area contributed by atoms with Crippen LogP contribution in [0.3, 0.4) is 0 Å². The van der Waals surface area contributed by atoms with Gasteiger partial charge in [-0.25, -0.2) is 9.78 Å². The first kappa shape index (κ1) is 25.0. The van der Waals surface area contributed by atoms with Crippen molar-refractivity contribution >= 4 is 22.8 Å². The van der Waals surface area contributed by atoms with E-state index in [0.29, 0.717) is 33.7 Å². The molecule has 0 N–H and O–H groups in total. The van der Waals surface area contributed by atoms with E-state index in [1.165, 1.54) is 12.0 Å². The Balaban J connectivity index is 1.89. The van der Waals surface area contributed by atoms with Gasteiger partial charge in [-0.2, -0.15) is 10.5 Å². The SMILES string of the molecule is COc1ccc(-c2cc(C(=O)OCC(=O)N(CCC#N)CCC#N)c3ccccc3n2)cc1OC. The third kappa shape index (κ3) is 6.04. The normalized spacial score (nSPS) is 10.2. The Kier molecular flexibility index (Phi) is 8.58. The van der Waals surface area contributed by atoms with Crippen LogP contribution in [0.4, 0.5) is 0 Å². The van der Waals surface area contributed by atoms with Crippen molar-refractivity contribution in [1.82, 2.24) is 9.88 Å². The van der Waals surface area contributed by atoms with E-state index in [4.69, 9.17) is 24.7 Å². The molecule has 0 aliphatic carbocycles. The third-order valence-corrected chi connectivity index (χ3v) is 5.28. The number of para-hydroxylation sites is 1. The van der Waals surface area contributed by atoms with Gasteiger partial charge >= 0.3 is 5.97 Å². The molecule has 0 spiro atoms. The van der Waals surface area contributed by atoms with Crippen LogP contribution in [0.15, 0.2) is 48.5 Å². The monoisotopic (exact) mass is 472 g/mol. The summed E-state index contributed by atoms with van der Waals surface area (Å²) in [5, 5.41) is 18.2. The van der Waals surface area contributed by atoms with Crippen LogP contribution < -0.4 is 9.47 Å². The van der Waals surface area contributed by atoms with Crippen molar-refractivity contribution in [3.05, 3.63) is 54.1 Å². The topological polar surface area (TPSA) is 126 Å². The molecule has 0 fully saturated rings. The second-order valence-corrected chi connectivity index (χ2v) is 7.42. The third-order valence-electron chi connectivity index (χ3n) is 5.28. The summed E-state index contributed by atoms with van der Waals surface area (Å²) in [4.78, 5) is 31.6. The van der Waals surface area contributed by atoms with E-state index in [2.05, 4.69) is 4.98 Å². The van der Waals surface area contributed by atoms with Crippen LogP contribution in [-0.2, 0) is 9.53 Å². The van der Waals surface area contributed by atoms with Crippen LogP contribution in [0.25, 0.3) is 22.2 Å². The highest BCUT2D eigenvalue weighted by Crippen LogP contribution is 2.33. The van der Waals surface area contributed by atoms with Gasteiger partial charge in [0.25, 0.3) is 5.91 Å². The number of rotatable bonds is 10. The summed E-state index contributed by atoms with van der Waals surface area (Å²) in [5.41, 5.74) is 2.07. The number of ether oxygens (including phenoxy) is 3. The first-order valence-corrected chi connectivity index (χ1v) is 10.8. The van der Waals surface area contributed by atoms with Crippen molar-refractivity contribution in [1.29, 1.82) is 10.5 Å². The standard InChI is InChI=1S/C26H24N4O5/c1-33-23-10-9-18(15-24(23)34-2)22-16-20(19-7-3-4-8-21(19)29-22)26(32)35-17-25(31)30(13-5-11-27)14-6-12-28/h3-4,7-10,15-16H,5-6,13-14,17H2,1-2H3. The number of carbonyl (C=O) groups is 2. The molecule has 3 rings (SSSR count). The molecule has 35 heavy (non-hydrogen) atoms. The number of carbonyl (C=O) groups excluding carboxylic acids is 2. The Morgan fingerprint density at radius 1 is 0.943 bits per heavy atom. The summed E-state index contributed by atoms with van der Waals surface area (Å²) in [6, 6.07) is 18.0. The largest absolute Gasteiger partial charge is 0.493 e. The summed E-state index contributed by atoms with van der Waals surface area (Å²) in [6.07, 6.45) is 0.240. The second-order valence-electron chi connectivity index (χ2n) is 7.42. The van der Waals surface area contributed by atoms with Gasteiger partial charge in [-0.1, -0.05) is 18.2 Å². The van der Waals surface area contributed by atoms with Crippen LogP contribution in [0, 0.1) is 22.7 Å². The lowest BCUT2D eigenvalue weighted by Crippen LogP contribution is -2.36. The van der Waals surface area contributed by atoms with Gasteiger partial charge in [-0.15, -0.1) is 0 Å². The molecule has 2 aromatic carbocycles. The lowest BCUT2D eigenvalue weighted by Gasteiger charge is -2.20. The van der Waals surface area contributed by atoms with Gasteiger partial charge in [0.2, 0.25) is 0 Å². The van der Waals surface area contributed by atoms with Crippen molar-refractivity contribution < 1.29 is 23.8 Å². The Morgan fingerprint density at radius 3 is 2.29 bits per heavy atom. The lowest BCUT2D eigenvalue weighted by molar-refractivity contribution is -0.134. The molecule has 0 atom stereocenters. The van der Waals surface area contributed by atoms with E-state index in [-0.39, 0.29) is 31.5 Å². The summed E-state index contributed by atoms with van der Waals surface area (Å²) in [5.74, 6) is -0.0708. The minimum absolute atomic E-state index is 0.120. The number of fused-ring (bicyclic) bond motifs is 1. The summed E-state index contributed by atoms with van der Waals surface area (Å²) < 4.78 is 16.0. The number of aromatic nitrogens is 1. The number of methoxy groups -OCH3 is 2. The number of amides is 1. The molecule has 1 aromatic heterocycles. The number of hydrogen-bond acceptors (Lipinski definition) is 8. The maximum absolute atomic E-state index is 13.1. The van der Waals surface area contributed by atoms with Crippen molar-refractivity contribution in [2.24, 2.45) is 0 Å². The molecule has 0 unspecified atom stereocenters. The number of esters is 1. The Labute approximate surface area is 203 Å². The molecule has 0 saturated heterocycles. The quantitative estimate of drug-likeness (QED) is 0.409. The van der Waals surface area contributed by atoms with Crippen LogP contribution >= 0.6 is 0 Å². The van der Waals surface area contributed by atoms with Crippen molar-refractivity contribution in [2.45, 2.75) is 12.8 Å². The molecule has 0 aliphatic heterocycles. The van der Waals surface area contributed by atoms with E-state index >= 15 is 0 Å². The fraction of sp³-hybridized carbons (Fsp3) is 0.269. The summed E-state index contributed by atoms with van der Waals surface area (Å²) >= 11 is 0. The average Bonchev–Trinajstić information content (AvgIpc) is 2.90. The van der Waals surface area contributed by atoms with Gasteiger partial charge in [-0.3, -0.25) is 4.79 Å². The molecule has 1 heterocycles. The van der Waals surface area contributed by atoms with E-state index in [1.807, 2.05) is 18.2 Å². The summed E-state index contributed by atoms with van der Waals surface area (Å²) in [6.45, 7) is -0.176. The highest BCUT2D eigenvalue weighted by Gasteiger charge is 2.19. The smallest absolute Gasteiger partial charge is 0.339 e. The molecule has 0 aliphatic rings. The first-order chi connectivity index (χ1) is 17.0. The zero-order chi connectivity index (χ0) is 25.2. The fourth-order valence-electron chi connectivity index (χ4n) is 3.52. The number of pyridine rings is 1. The van der Waals surface area contributed by atoms with E-state index in [0.717, 1.165) is 0 Å². The van der Waals surface area contributed by atoms with E-state index < -0.39 is 18.5 Å². The van der Waals surface area contributed by atoms with Gasteiger partial charge in [0.1, 0.15) is 0 Å².